The highest BCUT2D eigenvalue weighted by Gasteiger charge is 2.08. The van der Waals surface area contributed by atoms with Crippen LogP contribution < -0.4 is 0 Å². The third kappa shape index (κ3) is 1.69. The van der Waals surface area contributed by atoms with Gasteiger partial charge in [-0.3, -0.25) is 4.98 Å². The molecule has 96 valence electrons. The quantitative estimate of drug-likeness (QED) is 0.483. The van der Waals surface area contributed by atoms with Gasteiger partial charge in [0, 0.05) is 28.6 Å². The van der Waals surface area contributed by atoms with E-state index in [0.29, 0.717) is 0 Å². The molecule has 0 spiro atoms. The monoisotopic (exact) mass is 259 g/mol. The fourth-order valence-corrected chi connectivity index (χ4v) is 2.50. The number of para-hydroxylation sites is 1. The Balaban J connectivity index is 1.94. The third-order valence-corrected chi connectivity index (χ3v) is 3.61. The van der Waals surface area contributed by atoms with E-state index in [0.717, 1.165) is 33.2 Å². The van der Waals surface area contributed by atoms with Crippen LogP contribution in [0.25, 0.3) is 33.2 Å². The Kier molecular flexibility index (Phi) is 2.36. The zero-order valence-corrected chi connectivity index (χ0v) is 11.1. The van der Waals surface area contributed by atoms with E-state index in [9.17, 15) is 0 Å². The van der Waals surface area contributed by atoms with Crippen molar-refractivity contribution < 1.29 is 4.42 Å². The van der Waals surface area contributed by atoms with E-state index >= 15 is 0 Å². The Labute approximate surface area is 116 Å². The minimum atomic E-state index is 0.886. The van der Waals surface area contributed by atoms with Crippen molar-refractivity contribution >= 4 is 21.9 Å². The smallest absolute Gasteiger partial charge is 0.139 e. The van der Waals surface area contributed by atoms with Crippen LogP contribution in [0.5, 0.6) is 0 Å². The number of hydrogen-bond donors (Lipinski definition) is 0. The van der Waals surface area contributed by atoms with Gasteiger partial charge in [0.05, 0.1) is 5.69 Å². The molecule has 20 heavy (non-hydrogen) atoms. The van der Waals surface area contributed by atoms with Crippen LogP contribution in [0.1, 0.15) is 5.56 Å². The van der Waals surface area contributed by atoms with Crippen molar-refractivity contribution in [2.45, 2.75) is 6.92 Å². The minimum absolute atomic E-state index is 0.886. The number of aromatic nitrogens is 1. The van der Waals surface area contributed by atoms with Crippen LogP contribution in [0.4, 0.5) is 0 Å². The van der Waals surface area contributed by atoms with Crippen molar-refractivity contribution in [1.82, 2.24) is 4.98 Å². The lowest BCUT2D eigenvalue weighted by atomic mass is 10.1. The first-order valence-electron chi connectivity index (χ1n) is 6.65. The molecule has 2 heterocycles. The highest BCUT2D eigenvalue weighted by molar-refractivity contribution is 6.05. The number of benzene rings is 2. The molecule has 2 nitrogen and oxygen atoms in total. The van der Waals surface area contributed by atoms with Gasteiger partial charge in [-0.1, -0.05) is 48.0 Å². The molecule has 0 fully saturated rings. The van der Waals surface area contributed by atoms with Crippen LogP contribution in [-0.4, -0.2) is 4.98 Å². The molecule has 2 heteroatoms. The van der Waals surface area contributed by atoms with Crippen molar-refractivity contribution in [1.29, 1.82) is 0 Å². The molecule has 0 saturated carbocycles. The Morgan fingerprint density at radius 1 is 0.850 bits per heavy atom. The highest BCUT2D eigenvalue weighted by atomic mass is 16.3. The van der Waals surface area contributed by atoms with Crippen molar-refractivity contribution in [2.24, 2.45) is 0 Å². The summed E-state index contributed by atoms with van der Waals surface area (Å²) in [6, 6.07) is 18.4. The predicted octanol–water partition coefficient (Wildman–Crippen LogP) is 4.96. The molecular weight excluding hydrogens is 246 g/mol. The average Bonchev–Trinajstić information content (AvgIpc) is 2.85. The molecule has 0 N–H and O–H groups in total. The first kappa shape index (κ1) is 11.2. The van der Waals surface area contributed by atoms with Crippen molar-refractivity contribution in [2.75, 3.05) is 0 Å². The predicted molar refractivity (Wildman–Crippen MR) is 81.7 cm³/mol. The fraction of sp³-hybridized carbons (Fsp3) is 0.0556. The Bertz CT molecular complexity index is 904. The number of rotatable bonds is 1. The number of fused-ring (bicyclic) bond motifs is 3. The molecule has 2 aromatic heterocycles. The summed E-state index contributed by atoms with van der Waals surface area (Å²) in [5, 5.41) is 2.18. The second-order valence-electron chi connectivity index (χ2n) is 5.03. The van der Waals surface area contributed by atoms with Gasteiger partial charge in [-0.25, -0.2) is 0 Å². The largest absolute Gasteiger partial charge is 0.456 e. The Morgan fingerprint density at radius 2 is 1.65 bits per heavy atom. The second-order valence-corrected chi connectivity index (χ2v) is 5.03. The number of pyridine rings is 1. The summed E-state index contributed by atoms with van der Waals surface area (Å²) >= 11 is 0. The van der Waals surface area contributed by atoms with Gasteiger partial charge in [-0.2, -0.15) is 0 Å². The van der Waals surface area contributed by atoms with Gasteiger partial charge in [0.25, 0.3) is 0 Å². The molecule has 0 atom stereocenters. The van der Waals surface area contributed by atoms with Crippen molar-refractivity contribution in [3.05, 3.63) is 66.4 Å². The lowest BCUT2D eigenvalue weighted by Crippen LogP contribution is -1.83. The SMILES string of the molecule is Cc1ccc(-c2cc3oc4ccccc4c3cn2)cc1. The maximum Gasteiger partial charge on any atom is 0.139 e. The first-order chi connectivity index (χ1) is 9.81. The van der Waals surface area contributed by atoms with Crippen LogP contribution in [0, 0.1) is 6.92 Å². The van der Waals surface area contributed by atoms with Crippen molar-refractivity contribution in [3.8, 4) is 11.3 Å². The zero-order chi connectivity index (χ0) is 13.5. The lowest BCUT2D eigenvalue weighted by molar-refractivity contribution is 0.668. The molecule has 0 bridgehead atoms. The molecule has 0 radical (unpaired) electrons. The maximum atomic E-state index is 5.90. The molecule has 0 aliphatic heterocycles. The van der Waals surface area contributed by atoms with Crippen LogP contribution in [0.3, 0.4) is 0 Å². The lowest BCUT2D eigenvalue weighted by Gasteiger charge is -2.01. The summed E-state index contributed by atoms with van der Waals surface area (Å²) < 4.78 is 5.90. The Morgan fingerprint density at radius 3 is 2.50 bits per heavy atom. The van der Waals surface area contributed by atoms with Gasteiger partial charge in [0.15, 0.2) is 0 Å². The third-order valence-electron chi connectivity index (χ3n) is 3.61. The van der Waals surface area contributed by atoms with E-state index in [-0.39, 0.29) is 0 Å². The first-order valence-corrected chi connectivity index (χ1v) is 6.65. The van der Waals surface area contributed by atoms with Gasteiger partial charge in [-0.05, 0) is 13.0 Å². The summed E-state index contributed by atoms with van der Waals surface area (Å²) in [6.07, 6.45) is 1.90. The van der Waals surface area contributed by atoms with E-state index < -0.39 is 0 Å². The van der Waals surface area contributed by atoms with Gasteiger partial charge < -0.3 is 4.42 Å². The second kappa shape index (κ2) is 4.20. The van der Waals surface area contributed by atoms with E-state index in [2.05, 4.69) is 42.2 Å². The average molecular weight is 259 g/mol. The van der Waals surface area contributed by atoms with Gasteiger partial charge >= 0.3 is 0 Å². The topological polar surface area (TPSA) is 26.0 Å². The molecule has 0 amide bonds. The number of furan rings is 1. The Hall–Kier alpha value is -2.61. The van der Waals surface area contributed by atoms with Crippen LogP contribution in [-0.2, 0) is 0 Å². The van der Waals surface area contributed by atoms with Gasteiger partial charge in [0.1, 0.15) is 11.2 Å². The summed E-state index contributed by atoms with van der Waals surface area (Å²) in [5.41, 5.74) is 5.09. The molecule has 4 aromatic rings. The summed E-state index contributed by atoms with van der Waals surface area (Å²) in [6.45, 7) is 2.08. The standard InChI is InChI=1S/C18H13NO/c1-12-6-8-13(9-7-12)16-10-18-15(11-19-16)14-4-2-3-5-17(14)20-18/h2-11H,1H3. The van der Waals surface area contributed by atoms with E-state index in [1.807, 2.05) is 30.5 Å². The molecule has 2 aromatic carbocycles. The van der Waals surface area contributed by atoms with Crippen LogP contribution in [0.15, 0.2) is 65.2 Å². The summed E-state index contributed by atoms with van der Waals surface area (Å²) in [7, 11) is 0. The van der Waals surface area contributed by atoms with Gasteiger partial charge in [-0.15, -0.1) is 0 Å². The van der Waals surface area contributed by atoms with E-state index in [1.54, 1.807) is 0 Å². The van der Waals surface area contributed by atoms with Crippen molar-refractivity contribution in [3.63, 3.8) is 0 Å². The van der Waals surface area contributed by atoms with Gasteiger partial charge in [0.2, 0.25) is 0 Å². The zero-order valence-electron chi connectivity index (χ0n) is 11.1. The molecule has 0 aliphatic carbocycles. The molecule has 0 unspecified atom stereocenters. The number of hydrogen-bond acceptors (Lipinski definition) is 2. The summed E-state index contributed by atoms with van der Waals surface area (Å²) in [5.74, 6) is 0. The minimum Gasteiger partial charge on any atom is -0.456 e. The fourth-order valence-electron chi connectivity index (χ4n) is 2.50. The van der Waals surface area contributed by atoms with Crippen LogP contribution in [0.2, 0.25) is 0 Å². The highest BCUT2D eigenvalue weighted by Crippen LogP contribution is 2.30. The molecule has 0 aliphatic rings. The van der Waals surface area contributed by atoms with E-state index in [1.165, 1.54) is 5.56 Å². The molecule has 0 saturated heterocycles. The number of aryl methyl sites for hydroxylation is 1. The normalized spacial score (nSPS) is 11.2. The summed E-state index contributed by atoms with van der Waals surface area (Å²) in [4.78, 5) is 4.57. The molecular formula is C18H13NO. The van der Waals surface area contributed by atoms with Crippen LogP contribution >= 0.6 is 0 Å². The maximum absolute atomic E-state index is 5.90. The molecule has 4 rings (SSSR count). The van der Waals surface area contributed by atoms with E-state index in [4.69, 9.17) is 4.42 Å². The number of nitrogens with zero attached hydrogens (tertiary/aromatic N) is 1.